The van der Waals surface area contributed by atoms with Crippen LogP contribution in [0.3, 0.4) is 0 Å². The molecular weight excluding hydrogens is 324 g/mol. The maximum Gasteiger partial charge on any atom is 0.223 e. The average Bonchev–Trinajstić information content (AvgIpc) is 2.44. The van der Waals surface area contributed by atoms with Gasteiger partial charge in [0.15, 0.2) is 0 Å². The molecule has 1 rings (SSSR count). The molecule has 6 heteroatoms. The van der Waals surface area contributed by atoms with Gasteiger partial charge in [-0.3, -0.25) is 4.79 Å². The fourth-order valence-electron chi connectivity index (χ4n) is 1.81. The van der Waals surface area contributed by atoms with Crippen molar-refractivity contribution in [3.8, 4) is 5.75 Å². The van der Waals surface area contributed by atoms with E-state index in [1.54, 1.807) is 14.2 Å². The van der Waals surface area contributed by atoms with E-state index in [-0.39, 0.29) is 24.5 Å². The number of carbonyl (C=O) groups is 1. The van der Waals surface area contributed by atoms with Crippen molar-refractivity contribution >= 4 is 21.8 Å². The number of nitrogens with one attached hydrogen (secondary N) is 1. The Hall–Kier alpha value is -1.11. The maximum atomic E-state index is 11.9. The summed E-state index contributed by atoms with van der Waals surface area (Å²) >= 11 is 3.43. The third-order valence-corrected chi connectivity index (χ3v) is 3.68. The molecule has 0 saturated carbocycles. The largest absolute Gasteiger partial charge is 0.496 e. The Labute approximate surface area is 127 Å². The van der Waals surface area contributed by atoms with E-state index in [9.17, 15) is 4.79 Å². The second-order valence-corrected chi connectivity index (χ2v) is 5.34. The Bertz CT molecular complexity index is 450. The van der Waals surface area contributed by atoms with Gasteiger partial charge in [0.2, 0.25) is 5.91 Å². The molecule has 0 saturated heterocycles. The number of carbonyl (C=O) groups excluding carboxylic acids is 1. The summed E-state index contributed by atoms with van der Waals surface area (Å²) in [6, 6.07) is 5.62. The molecule has 0 heterocycles. The summed E-state index contributed by atoms with van der Waals surface area (Å²) in [5, 5.41) is 2.92. The number of halogens is 1. The second kappa shape index (κ2) is 8.24. The minimum atomic E-state index is -0.246. The van der Waals surface area contributed by atoms with E-state index in [1.165, 1.54) is 0 Å². The molecule has 2 atom stereocenters. The summed E-state index contributed by atoms with van der Waals surface area (Å²) in [7, 11) is 3.16. The van der Waals surface area contributed by atoms with E-state index in [1.807, 2.05) is 25.1 Å². The van der Waals surface area contributed by atoms with Gasteiger partial charge in [-0.15, -0.1) is 0 Å². The van der Waals surface area contributed by atoms with Crippen LogP contribution in [0.15, 0.2) is 22.7 Å². The second-order valence-electron chi connectivity index (χ2n) is 4.48. The van der Waals surface area contributed by atoms with Gasteiger partial charge in [0, 0.05) is 13.7 Å². The number of ether oxygens (including phenoxy) is 2. The highest BCUT2D eigenvalue weighted by atomic mass is 79.9. The van der Waals surface area contributed by atoms with E-state index >= 15 is 0 Å². The van der Waals surface area contributed by atoms with Crippen LogP contribution >= 0.6 is 15.9 Å². The lowest BCUT2D eigenvalue weighted by molar-refractivity contribution is -0.124. The highest BCUT2D eigenvalue weighted by Gasteiger charge is 2.15. The molecule has 112 valence electrons. The van der Waals surface area contributed by atoms with Gasteiger partial charge in [-0.25, -0.2) is 0 Å². The van der Waals surface area contributed by atoms with E-state index in [0.29, 0.717) is 6.54 Å². The molecule has 0 fully saturated rings. The van der Waals surface area contributed by atoms with Crippen molar-refractivity contribution < 1.29 is 14.3 Å². The molecule has 0 radical (unpaired) electrons. The van der Waals surface area contributed by atoms with Gasteiger partial charge in [0.05, 0.1) is 30.1 Å². The molecule has 0 bridgehead atoms. The molecule has 0 aliphatic rings. The molecule has 1 aromatic carbocycles. The summed E-state index contributed by atoms with van der Waals surface area (Å²) in [5.41, 5.74) is 6.49. The first kappa shape index (κ1) is 16.9. The summed E-state index contributed by atoms with van der Waals surface area (Å²) < 4.78 is 11.1. The molecule has 20 heavy (non-hydrogen) atoms. The highest BCUT2D eigenvalue weighted by Crippen LogP contribution is 2.27. The van der Waals surface area contributed by atoms with Gasteiger partial charge in [-0.05, 0) is 40.5 Å². The van der Waals surface area contributed by atoms with Gasteiger partial charge < -0.3 is 20.5 Å². The number of methoxy groups -OCH3 is 2. The van der Waals surface area contributed by atoms with E-state index in [4.69, 9.17) is 15.2 Å². The molecule has 0 aliphatic carbocycles. The fourth-order valence-corrected chi connectivity index (χ4v) is 2.36. The zero-order chi connectivity index (χ0) is 15.1. The number of nitrogens with two attached hydrogens (primary N) is 1. The average molecular weight is 345 g/mol. The van der Waals surface area contributed by atoms with Crippen molar-refractivity contribution in [3.05, 3.63) is 28.2 Å². The zero-order valence-corrected chi connectivity index (χ0v) is 13.6. The van der Waals surface area contributed by atoms with Crippen molar-refractivity contribution in [2.45, 2.75) is 25.5 Å². The molecule has 5 nitrogen and oxygen atoms in total. The number of hydrogen-bond donors (Lipinski definition) is 2. The van der Waals surface area contributed by atoms with Crippen LogP contribution in [0.25, 0.3) is 0 Å². The number of amides is 1. The normalized spacial score (nSPS) is 13.7. The van der Waals surface area contributed by atoms with Crippen LogP contribution in [-0.2, 0) is 9.53 Å². The first-order valence-electron chi connectivity index (χ1n) is 6.37. The Morgan fingerprint density at radius 3 is 2.65 bits per heavy atom. The molecule has 2 unspecified atom stereocenters. The summed E-state index contributed by atoms with van der Waals surface area (Å²) in [6.07, 6.45) is 0.0130. The van der Waals surface area contributed by atoms with Gasteiger partial charge in [0.25, 0.3) is 0 Å². The van der Waals surface area contributed by atoms with Gasteiger partial charge >= 0.3 is 0 Å². The van der Waals surface area contributed by atoms with Crippen LogP contribution in [0.1, 0.15) is 24.9 Å². The molecule has 0 spiro atoms. The molecule has 0 aliphatic heterocycles. The molecule has 1 amide bonds. The highest BCUT2D eigenvalue weighted by molar-refractivity contribution is 9.10. The Morgan fingerprint density at radius 1 is 1.45 bits per heavy atom. The number of benzene rings is 1. The topological polar surface area (TPSA) is 73.6 Å². The molecule has 0 aromatic heterocycles. The lowest BCUT2D eigenvalue weighted by Gasteiger charge is -2.18. The number of hydrogen-bond acceptors (Lipinski definition) is 4. The monoisotopic (exact) mass is 344 g/mol. The summed E-state index contributed by atoms with van der Waals surface area (Å²) in [5.74, 6) is 0.677. The quantitative estimate of drug-likeness (QED) is 0.793. The first-order valence-corrected chi connectivity index (χ1v) is 7.16. The predicted octanol–water partition coefficient (Wildman–Crippen LogP) is 2.00. The van der Waals surface area contributed by atoms with Gasteiger partial charge in [-0.2, -0.15) is 0 Å². The van der Waals surface area contributed by atoms with Crippen molar-refractivity contribution in [1.29, 1.82) is 0 Å². The Morgan fingerprint density at radius 2 is 2.15 bits per heavy atom. The maximum absolute atomic E-state index is 11.9. The van der Waals surface area contributed by atoms with Crippen LogP contribution in [0.4, 0.5) is 0 Å². The summed E-state index contributed by atoms with van der Waals surface area (Å²) in [4.78, 5) is 11.9. The van der Waals surface area contributed by atoms with E-state index in [0.717, 1.165) is 15.8 Å². The SMILES string of the molecule is COc1ccc(C(C)NC(=O)CC(CN)OC)cc1Br. The Balaban J connectivity index is 2.64. The third kappa shape index (κ3) is 4.77. The van der Waals surface area contributed by atoms with E-state index < -0.39 is 0 Å². The lowest BCUT2D eigenvalue weighted by atomic mass is 10.1. The van der Waals surface area contributed by atoms with E-state index in [2.05, 4.69) is 21.2 Å². The molecular formula is C14H21BrN2O3. The standard InChI is InChI=1S/C14H21BrN2O3/c1-9(17-14(18)7-11(8-16)19-2)10-4-5-13(20-3)12(15)6-10/h4-6,9,11H,7-8,16H2,1-3H3,(H,17,18). The predicted molar refractivity (Wildman–Crippen MR) is 81.7 cm³/mol. The van der Waals surface area contributed by atoms with Crippen LogP contribution in [-0.4, -0.2) is 32.8 Å². The summed E-state index contributed by atoms with van der Waals surface area (Å²) in [6.45, 7) is 2.25. The molecule has 1 aromatic rings. The lowest BCUT2D eigenvalue weighted by Crippen LogP contribution is -2.33. The number of rotatable bonds is 7. The van der Waals surface area contributed by atoms with Crippen molar-refractivity contribution in [2.24, 2.45) is 5.73 Å². The fraction of sp³-hybridized carbons (Fsp3) is 0.500. The first-order chi connectivity index (χ1) is 9.51. The van der Waals surface area contributed by atoms with Gasteiger partial charge in [-0.1, -0.05) is 6.07 Å². The van der Waals surface area contributed by atoms with Crippen molar-refractivity contribution in [3.63, 3.8) is 0 Å². The van der Waals surface area contributed by atoms with Crippen LogP contribution in [0, 0.1) is 0 Å². The third-order valence-electron chi connectivity index (χ3n) is 3.06. The zero-order valence-electron chi connectivity index (χ0n) is 12.0. The smallest absolute Gasteiger partial charge is 0.223 e. The minimum absolute atomic E-state index is 0.0817. The molecule has 3 N–H and O–H groups in total. The minimum Gasteiger partial charge on any atom is -0.496 e. The van der Waals surface area contributed by atoms with Crippen LogP contribution < -0.4 is 15.8 Å². The van der Waals surface area contributed by atoms with Crippen molar-refractivity contribution in [2.75, 3.05) is 20.8 Å². The van der Waals surface area contributed by atoms with Crippen LogP contribution in [0.5, 0.6) is 5.75 Å². The van der Waals surface area contributed by atoms with Crippen LogP contribution in [0.2, 0.25) is 0 Å². The van der Waals surface area contributed by atoms with Crippen molar-refractivity contribution in [1.82, 2.24) is 5.32 Å². The van der Waals surface area contributed by atoms with Gasteiger partial charge in [0.1, 0.15) is 5.75 Å². The Kier molecular flexibility index (Phi) is 6.98.